The van der Waals surface area contributed by atoms with E-state index in [9.17, 15) is 17.6 Å². The van der Waals surface area contributed by atoms with Crippen LogP contribution in [0.15, 0.2) is 82.5 Å². The average Bonchev–Trinajstić information content (AvgIpc) is 3.50. The maximum absolute atomic E-state index is 14.1. The molecule has 4 aromatic rings. The van der Waals surface area contributed by atoms with Crippen molar-refractivity contribution in [2.24, 2.45) is 0 Å². The van der Waals surface area contributed by atoms with Crippen LogP contribution in [0.25, 0.3) is 11.3 Å². The van der Waals surface area contributed by atoms with Gasteiger partial charge >= 0.3 is 0 Å². The number of aromatic nitrogens is 3. The van der Waals surface area contributed by atoms with E-state index in [-0.39, 0.29) is 28.1 Å². The number of benzene rings is 2. The Morgan fingerprint density at radius 1 is 1.00 bits per heavy atom. The topological polar surface area (TPSA) is 127 Å². The highest BCUT2D eigenvalue weighted by atomic mass is 32.2. The maximum Gasteiger partial charge on any atom is 0.264 e. The largest absolute Gasteiger partial charge is 0.356 e. The van der Waals surface area contributed by atoms with Gasteiger partial charge in [-0.1, -0.05) is 17.3 Å². The third-order valence-electron chi connectivity index (χ3n) is 5.54. The molecule has 9 nitrogen and oxygen atoms in total. The number of carbonyl (C=O) groups is 1. The molecule has 0 bridgehead atoms. The molecule has 0 unspecified atom stereocenters. The van der Waals surface area contributed by atoms with Crippen molar-refractivity contribution < 1.29 is 22.1 Å². The van der Waals surface area contributed by atoms with Crippen LogP contribution in [0, 0.1) is 5.82 Å². The van der Waals surface area contributed by atoms with Gasteiger partial charge in [0.15, 0.2) is 5.76 Å². The first kappa shape index (κ1) is 21.7. The lowest BCUT2D eigenvalue weighted by molar-refractivity contribution is -0.118. The van der Waals surface area contributed by atoms with Crippen molar-refractivity contribution in [3.63, 3.8) is 0 Å². The molecule has 1 aliphatic rings. The number of hydrogen-bond acceptors (Lipinski definition) is 7. The Balaban J connectivity index is 1.30. The standard InChI is InChI=1S/C23H18FN5O4S/c24-18-5-2-1-4-17(18)19-14-20(28-33-19)23(10-11-23)21(30)27-15-6-8-16(9-7-15)34(31,32)29-22-25-12-3-13-26-22/h1-9,12-14H,10-11H2,(H,27,30)(H,25,26,29). The van der Waals surface area contributed by atoms with Crippen molar-refractivity contribution in [1.82, 2.24) is 15.1 Å². The molecule has 0 radical (unpaired) electrons. The molecule has 1 aliphatic carbocycles. The van der Waals surface area contributed by atoms with Gasteiger partial charge in [-0.05, 0) is 55.3 Å². The number of rotatable bonds is 7. The van der Waals surface area contributed by atoms with E-state index < -0.39 is 21.3 Å². The Morgan fingerprint density at radius 3 is 2.38 bits per heavy atom. The third kappa shape index (κ3) is 4.13. The summed E-state index contributed by atoms with van der Waals surface area (Å²) in [6.07, 6.45) is 3.97. The van der Waals surface area contributed by atoms with Crippen LogP contribution in [0.4, 0.5) is 16.0 Å². The number of halogens is 1. The molecule has 0 atom stereocenters. The Hall–Kier alpha value is -4.12. The van der Waals surface area contributed by atoms with E-state index >= 15 is 0 Å². The Bertz CT molecular complexity index is 1450. The quantitative estimate of drug-likeness (QED) is 0.413. The molecule has 1 saturated carbocycles. The molecule has 1 fully saturated rings. The molecule has 0 saturated heterocycles. The number of hydrogen-bond donors (Lipinski definition) is 2. The van der Waals surface area contributed by atoms with Gasteiger partial charge in [-0.3, -0.25) is 4.79 Å². The first-order chi connectivity index (χ1) is 16.4. The van der Waals surface area contributed by atoms with Gasteiger partial charge in [0.25, 0.3) is 10.0 Å². The second kappa shape index (κ2) is 8.34. The minimum atomic E-state index is -3.89. The van der Waals surface area contributed by atoms with Gasteiger partial charge in [0.2, 0.25) is 11.9 Å². The lowest BCUT2D eigenvalue weighted by Crippen LogP contribution is -2.28. The molecule has 2 N–H and O–H groups in total. The van der Waals surface area contributed by atoms with Crippen LogP contribution in [0.2, 0.25) is 0 Å². The summed E-state index contributed by atoms with van der Waals surface area (Å²) >= 11 is 0. The number of nitrogens with one attached hydrogen (secondary N) is 2. The zero-order valence-corrected chi connectivity index (χ0v) is 18.4. The second-order valence-corrected chi connectivity index (χ2v) is 9.48. The summed E-state index contributed by atoms with van der Waals surface area (Å²) in [5.74, 6) is -0.537. The van der Waals surface area contributed by atoms with E-state index in [2.05, 4.69) is 25.2 Å². The van der Waals surface area contributed by atoms with Crippen LogP contribution in [-0.2, 0) is 20.2 Å². The van der Waals surface area contributed by atoms with E-state index in [0.717, 1.165) is 0 Å². The zero-order valence-electron chi connectivity index (χ0n) is 17.6. The van der Waals surface area contributed by atoms with Gasteiger partial charge < -0.3 is 9.84 Å². The predicted octanol–water partition coefficient (Wildman–Crippen LogP) is 3.74. The maximum atomic E-state index is 14.1. The van der Waals surface area contributed by atoms with Gasteiger partial charge in [0, 0.05) is 24.1 Å². The fraction of sp³-hybridized carbons (Fsp3) is 0.130. The summed E-state index contributed by atoms with van der Waals surface area (Å²) in [4.78, 5) is 20.7. The van der Waals surface area contributed by atoms with Gasteiger partial charge in [-0.15, -0.1) is 0 Å². The second-order valence-electron chi connectivity index (χ2n) is 7.79. The van der Waals surface area contributed by atoms with E-state index in [1.165, 1.54) is 42.7 Å². The smallest absolute Gasteiger partial charge is 0.264 e. The molecule has 34 heavy (non-hydrogen) atoms. The van der Waals surface area contributed by atoms with Crippen molar-refractivity contribution in [1.29, 1.82) is 0 Å². The summed E-state index contributed by atoms with van der Waals surface area (Å²) in [6, 6.07) is 15.0. The van der Waals surface area contributed by atoms with E-state index in [1.807, 2.05) is 0 Å². The molecular formula is C23H18FN5O4S. The minimum Gasteiger partial charge on any atom is -0.356 e. The molecule has 1 amide bonds. The molecule has 11 heteroatoms. The lowest BCUT2D eigenvalue weighted by atomic mass is 10.00. The van der Waals surface area contributed by atoms with E-state index in [0.29, 0.717) is 24.2 Å². The fourth-order valence-electron chi connectivity index (χ4n) is 3.51. The van der Waals surface area contributed by atoms with E-state index in [4.69, 9.17) is 4.52 Å². The summed E-state index contributed by atoms with van der Waals surface area (Å²) in [6.45, 7) is 0. The van der Waals surface area contributed by atoms with Crippen LogP contribution in [0.3, 0.4) is 0 Å². The molecule has 0 aliphatic heterocycles. The van der Waals surface area contributed by atoms with Crippen molar-refractivity contribution >= 4 is 27.6 Å². The average molecular weight is 479 g/mol. The highest BCUT2D eigenvalue weighted by molar-refractivity contribution is 7.92. The Labute approximate surface area is 194 Å². The van der Waals surface area contributed by atoms with Crippen LogP contribution in [0.1, 0.15) is 18.5 Å². The number of nitrogens with zero attached hydrogens (tertiary/aromatic N) is 3. The summed E-state index contributed by atoms with van der Waals surface area (Å²) in [5.41, 5.74) is 0.242. The normalized spacial score (nSPS) is 14.4. The van der Waals surface area contributed by atoms with Crippen LogP contribution in [0.5, 0.6) is 0 Å². The molecule has 2 heterocycles. The number of carbonyl (C=O) groups excluding carboxylic acids is 1. The number of sulfonamides is 1. The van der Waals surface area contributed by atoms with Crippen molar-refractivity contribution in [3.8, 4) is 11.3 Å². The SMILES string of the molecule is O=C(Nc1ccc(S(=O)(=O)Nc2ncccn2)cc1)C1(c2cc(-c3ccccc3F)on2)CC1. The van der Waals surface area contributed by atoms with Crippen molar-refractivity contribution in [2.45, 2.75) is 23.2 Å². The zero-order chi connectivity index (χ0) is 23.8. The van der Waals surface area contributed by atoms with Gasteiger partial charge in [0.05, 0.1) is 21.6 Å². The number of amides is 1. The third-order valence-corrected chi connectivity index (χ3v) is 6.88. The Kier molecular flexibility index (Phi) is 5.33. The van der Waals surface area contributed by atoms with Crippen LogP contribution in [-0.4, -0.2) is 29.4 Å². The molecule has 5 rings (SSSR count). The molecule has 172 valence electrons. The predicted molar refractivity (Wildman–Crippen MR) is 121 cm³/mol. The first-order valence-electron chi connectivity index (χ1n) is 10.3. The van der Waals surface area contributed by atoms with Crippen LogP contribution < -0.4 is 10.0 Å². The van der Waals surface area contributed by atoms with Crippen LogP contribution >= 0.6 is 0 Å². The number of anilines is 2. The summed E-state index contributed by atoms with van der Waals surface area (Å²) < 4.78 is 46.7. The summed E-state index contributed by atoms with van der Waals surface area (Å²) in [7, 11) is -3.89. The van der Waals surface area contributed by atoms with Gasteiger partial charge in [-0.25, -0.2) is 27.5 Å². The van der Waals surface area contributed by atoms with Crippen molar-refractivity contribution in [2.75, 3.05) is 10.0 Å². The molecule has 2 aromatic heterocycles. The van der Waals surface area contributed by atoms with Crippen molar-refractivity contribution in [3.05, 3.63) is 84.6 Å². The molecule has 0 spiro atoms. The fourth-order valence-corrected chi connectivity index (χ4v) is 4.47. The minimum absolute atomic E-state index is 0.00915. The van der Waals surface area contributed by atoms with Gasteiger partial charge in [-0.2, -0.15) is 0 Å². The Morgan fingerprint density at radius 2 is 1.71 bits per heavy atom. The highest BCUT2D eigenvalue weighted by Crippen LogP contribution is 2.49. The van der Waals surface area contributed by atoms with E-state index in [1.54, 1.807) is 30.3 Å². The highest BCUT2D eigenvalue weighted by Gasteiger charge is 2.54. The lowest BCUT2D eigenvalue weighted by Gasteiger charge is -2.13. The monoisotopic (exact) mass is 479 g/mol. The molecular weight excluding hydrogens is 461 g/mol. The first-order valence-corrected chi connectivity index (χ1v) is 11.8. The van der Waals surface area contributed by atoms with Gasteiger partial charge in [0.1, 0.15) is 5.82 Å². The summed E-state index contributed by atoms with van der Waals surface area (Å²) in [5, 5.41) is 6.81. The molecule has 2 aromatic carbocycles.